The number of hydrogen-bond donors (Lipinski definition) is 7. The van der Waals surface area contributed by atoms with Gasteiger partial charge in [0.2, 0.25) is 0 Å². The van der Waals surface area contributed by atoms with Crippen LogP contribution in [0.2, 0.25) is 0 Å². The van der Waals surface area contributed by atoms with E-state index in [4.69, 9.17) is 4.74 Å². The topological polar surface area (TPSA) is 177 Å². The van der Waals surface area contributed by atoms with E-state index in [0.29, 0.717) is 57.3 Å². The molecular weight excluding hydrogens is 1090 g/mol. The molecule has 0 unspecified atom stereocenters. The number of esters is 1. The summed E-state index contributed by atoms with van der Waals surface area (Å²) in [5, 5.41) is 88.3. The first-order valence-electron chi connectivity index (χ1n) is 35.5. The molecule has 7 N–H and O–H groups in total. The summed E-state index contributed by atoms with van der Waals surface area (Å²) < 4.78 is 6.59. The van der Waals surface area contributed by atoms with Gasteiger partial charge in [-0.15, -0.1) is 0 Å². The average Bonchev–Trinajstić information content (AvgIpc) is 1.00. The summed E-state index contributed by atoms with van der Waals surface area (Å²) >= 11 is 0. The Labute approximate surface area is 522 Å². The number of aliphatic hydroxyl groups excluding tert-OH is 3. The second-order valence-electron chi connectivity index (χ2n) is 32.8. The molecule has 0 amide bonds. The number of likely N-dealkylation sites (N-methyl/N-ethyl adjacent to an activating group) is 1. The molecule has 10 heteroatoms. The molecule has 3 aromatic rings. The lowest BCUT2D eigenvalue weighted by molar-refractivity contribution is -0.385. The second-order valence-corrected chi connectivity index (χ2v) is 32.8. The second kappa shape index (κ2) is 21.2. The minimum Gasteiger partial charge on any atom is -0.454 e. The van der Waals surface area contributed by atoms with Gasteiger partial charge in [-0.2, -0.15) is 0 Å². The molecule has 470 valence electrons. The van der Waals surface area contributed by atoms with E-state index in [9.17, 15) is 25.2 Å². The number of fused-ring (bicyclic) bond motifs is 3. The predicted octanol–water partition coefficient (Wildman–Crippen LogP) is 11.4. The van der Waals surface area contributed by atoms with Gasteiger partial charge in [-0.1, -0.05) is 124 Å². The number of aliphatic hydroxyl groups is 6. The third kappa shape index (κ3) is 8.17. The van der Waals surface area contributed by atoms with Gasteiger partial charge in [-0.3, -0.25) is 0 Å². The minimum absolute atomic E-state index is 0.0621. The highest BCUT2D eigenvalue weighted by Gasteiger charge is 2.87. The standard InChI is InChI=1S/C78H99NO9/c1-47(52-13-4-5-14-52)54-21-22-62-69(83)72-31-24-49(41-72)20-19-48-11-8-17-57(34-48)73(27-6-3-7-28-73)58-18-9-12-50(35-58)33-51-23-29-71(40-51)30-25-53-15-10-16-55(43-80)59(53)38-64(79-2)60-36-56-42-76(85)74(44-71,67(56)61-39-66(82)88-68(60)61)32-26-65-75(45-72,46-81)77(62,86)63(37-54)70(84)78(65,76)87/h8-12,15-18,34-35,39,46-47,49,51-52,54,56,60,62-65,67-70,79-80,83-87H,3-7,13-14,19-24,26-29,31-33,36-38,40-45H2,1-2H3/t47-,49+,51+,54-,56-,60-,62-,63-,64-,65+,67+,68+,69+,70+,71-,72-,74-,75-,76+,77+,78-/m0/s1. The molecule has 4 spiro atoms. The smallest absolute Gasteiger partial charge is 0.331 e. The lowest BCUT2D eigenvalue weighted by atomic mass is 9.32. The van der Waals surface area contributed by atoms with Gasteiger partial charge in [0, 0.05) is 57.6 Å². The van der Waals surface area contributed by atoms with Crippen LogP contribution in [0.1, 0.15) is 206 Å². The highest BCUT2D eigenvalue weighted by atomic mass is 16.5. The summed E-state index contributed by atoms with van der Waals surface area (Å²) in [6.07, 6.45) is 21.7. The summed E-state index contributed by atoms with van der Waals surface area (Å²) in [5.74, 6) is 5.23. The molecular formula is C78H99NO9. The number of nitrogens with one attached hydrogen (secondary N) is 1. The first-order valence-corrected chi connectivity index (χ1v) is 35.5. The molecule has 10 nitrogen and oxygen atoms in total. The molecule has 3 aromatic carbocycles. The number of carbonyl (C=O) groups excluding carboxylic acids is 2. The van der Waals surface area contributed by atoms with Crippen molar-refractivity contribution in [2.75, 3.05) is 7.05 Å². The molecule has 15 aliphatic rings. The van der Waals surface area contributed by atoms with Crippen LogP contribution in [0.5, 0.6) is 0 Å². The van der Waals surface area contributed by atoms with Gasteiger partial charge in [-0.25, -0.2) is 4.79 Å². The molecule has 10 fully saturated rings. The van der Waals surface area contributed by atoms with E-state index in [-0.39, 0.29) is 72.8 Å². The van der Waals surface area contributed by atoms with Crippen molar-refractivity contribution in [1.82, 2.24) is 5.32 Å². The maximum absolute atomic E-state index is 15.6. The quantitative estimate of drug-likeness (QED) is 0.0739. The van der Waals surface area contributed by atoms with E-state index >= 15 is 15.0 Å². The zero-order valence-corrected chi connectivity index (χ0v) is 52.6. The molecule has 15 bridgehead atoms. The van der Waals surface area contributed by atoms with E-state index in [1.54, 1.807) is 6.08 Å². The maximum atomic E-state index is 15.6. The lowest BCUT2D eigenvalue weighted by Gasteiger charge is -2.75. The van der Waals surface area contributed by atoms with Crippen LogP contribution in [0.4, 0.5) is 0 Å². The van der Waals surface area contributed by atoms with Gasteiger partial charge in [-0.05, 0) is 234 Å². The Morgan fingerprint density at radius 1 is 0.727 bits per heavy atom. The molecule has 1 aliphatic heterocycles. The zero-order valence-electron chi connectivity index (χ0n) is 52.6. The summed E-state index contributed by atoms with van der Waals surface area (Å²) in [5.41, 5.74) is -1.40. The zero-order chi connectivity index (χ0) is 60.4. The van der Waals surface area contributed by atoms with Crippen LogP contribution < -0.4 is 5.32 Å². The molecule has 21 atom stereocenters. The van der Waals surface area contributed by atoms with Crippen LogP contribution in [0, 0.1) is 98.6 Å². The Morgan fingerprint density at radius 3 is 2.26 bits per heavy atom. The largest absolute Gasteiger partial charge is 0.454 e. The highest BCUT2D eigenvalue weighted by Crippen LogP contribution is 2.80. The van der Waals surface area contributed by atoms with E-state index < -0.39 is 86.4 Å². The van der Waals surface area contributed by atoms with Gasteiger partial charge in [0.15, 0.2) is 0 Å². The number of ether oxygens (including phenoxy) is 1. The molecule has 0 aromatic heterocycles. The summed E-state index contributed by atoms with van der Waals surface area (Å²) in [4.78, 5) is 29.9. The van der Waals surface area contributed by atoms with Crippen molar-refractivity contribution in [3.05, 3.63) is 117 Å². The first-order chi connectivity index (χ1) is 42.5. The number of hydrogen-bond acceptors (Lipinski definition) is 10. The molecule has 88 heavy (non-hydrogen) atoms. The van der Waals surface area contributed by atoms with E-state index in [1.807, 2.05) is 19.2 Å². The van der Waals surface area contributed by atoms with Crippen LogP contribution in [0.3, 0.4) is 0 Å². The number of benzene rings is 3. The minimum atomic E-state index is -2.28. The van der Waals surface area contributed by atoms with E-state index in [2.05, 4.69) is 78.7 Å². The Morgan fingerprint density at radius 2 is 1.49 bits per heavy atom. The van der Waals surface area contributed by atoms with Gasteiger partial charge < -0.3 is 45.5 Å². The maximum Gasteiger partial charge on any atom is 0.331 e. The van der Waals surface area contributed by atoms with Crippen LogP contribution in [-0.2, 0) is 45.6 Å². The van der Waals surface area contributed by atoms with Crippen molar-refractivity contribution in [3.8, 4) is 11.8 Å². The molecule has 1 heterocycles. The molecule has 10 saturated carbocycles. The van der Waals surface area contributed by atoms with Crippen LogP contribution >= 0.6 is 0 Å². The van der Waals surface area contributed by atoms with Crippen molar-refractivity contribution in [3.63, 3.8) is 0 Å². The Kier molecular flexibility index (Phi) is 14.2. The Bertz CT molecular complexity index is 3350. The number of aryl methyl sites for hydroxylation is 1. The van der Waals surface area contributed by atoms with Crippen LogP contribution in [0.25, 0.3) is 0 Å². The molecule has 14 aliphatic carbocycles. The van der Waals surface area contributed by atoms with Crippen molar-refractivity contribution < 1.29 is 45.0 Å². The van der Waals surface area contributed by atoms with Gasteiger partial charge >= 0.3 is 5.97 Å². The third-order valence-corrected chi connectivity index (χ3v) is 29.5. The number of aldehydes is 1. The van der Waals surface area contributed by atoms with Crippen LogP contribution in [-0.4, -0.2) is 91.1 Å². The average molecular weight is 1190 g/mol. The summed E-state index contributed by atoms with van der Waals surface area (Å²) in [6.45, 7) is 2.22. The van der Waals surface area contributed by atoms with Crippen molar-refractivity contribution in [2.45, 2.75) is 240 Å². The Hall–Kier alpha value is -4.18. The van der Waals surface area contributed by atoms with Gasteiger partial charge in [0.25, 0.3) is 0 Å². The van der Waals surface area contributed by atoms with Crippen molar-refractivity contribution in [2.24, 2.45) is 86.8 Å². The number of carbonyl (C=O) groups is 2. The fourth-order valence-corrected chi connectivity index (χ4v) is 25.8. The monoisotopic (exact) mass is 1190 g/mol. The number of rotatable bonds is 5. The van der Waals surface area contributed by atoms with E-state index in [0.717, 1.165) is 106 Å². The van der Waals surface area contributed by atoms with Gasteiger partial charge in [0.1, 0.15) is 23.6 Å². The van der Waals surface area contributed by atoms with Crippen molar-refractivity contribution in [1.29, 1.82) is 0 Å². The highest BCUT2D eigenvalue weighted by molar-refractivity contribution is 5.86. The summed E-state index contributed by atoms with van der Waals surface area (Å²) in [7, 11) is 1.96. The Balaban J connectivity index is 0.925. The lowest BCUT2D eigenvalue weighted by Crippen LogP contribution is -2.86. The summed E-state index contributed by atoms with van der Waals surface area (Å²) in [6, 6.07) is 24.9. The predicted molar refractivity (Wildman–Crippen MR) is 337 cm³/mol. The fraction of sp³-hybridized carbons (Fsp3) is 0.692. The first kappa shape index (κ1) is 58.9. The third-order valence-electron chi connectivity index (χ3n) is 29.5. The molecule has 0 radical (unpaired) electrons. The fourth-order valence-electron chi connectivity index (χ4n) is 25.8. The normalized spacial score (nSPS) is 45.7. The van der Waals surface area contributed by atoms with Gasteiger partial charge in [0.05, 0.1) is 29.8 Å². The van der Waals surface area contributed by atoms with E-state index in [1.165, 1.54) is 54.4 Å². The SMILES string of the molecule is CN[C@H]1Cc2c(cccc2CO)C#C[C@]23CC[C@H](Cc4cccc(c4)C4(CCCCC4)c4cccc(c4)CC[C@@H]4CC[C@]5(C4)C[C@]4(C=O)[C@H]6CC[C@]7(C2)[C@H]2C8=CC(=O)O[C@@H]8[C@H]1C[C@H]2C[C@]7(O)[C@@]6(O)[C@H](O)[C@@H]1C[C@@H]([C@@H](C)C2CCCC2)CC[C@@H]([C@H]5O)[C@@]14O)C3. The van der Waals surface area contributed by atoms with Crippen molar-refractivity contribution >= 4 is 12.3 Å². The molecule has 0 saturated heterocycles. The van der Waals surface area contributed by atoms with Crippen LogP contribution in [0.15, 0.2) is 78.4 Å². The molecule has 18 rings (SSSR count).